The zero-order chi connectivity index (χ0) is 38.6. The van der Waals surface area contributed by atoms with Crippen molar-refractivity contribution in [2.75, 3.05) is 0 Å². The van der Waals surface area contributed by atoms with Gasteiger partial charge in [-0.25, -0.2) is 9.97 Å². The summed E-state index contributed by atoms with van der Waals surface area (Å²) in [7, 11) is 0. The summed E-state index contributed by atoms with van der Waals surface area (Å²) in [4.78, 5) is 10.5. The monoisotopic (exact) mass is 768 g/mol. The first kappa shape index (κ1) is 32.5. The fourth-order valence-electron chi connectivity index (χ4n) is 9.40. The maximum atomic E-state index is 5.35. The summed E-state index contributed by atoms with van der Waals surface area (Å²) in [5.41, 5.74) is 10.9. The van der Waals surface area contributed by atoms with Crippen molar-refractivity contribution in [3.63, 3.8) is 0 Å². The Hall–Kier alpha value is -7.60. The minimum atomic E-state index is 0.707. The molecule has 0 saturated carbocycles. The molecule has 0 aliphatic carbocycles. The molecule has 9 aromatic carbocycles. The Balaban J connectivity index is 0.986. The van der Waals surface area contributed by atoms with E-state index in [4.69, 9.17) is 9.97 Å². The fourth-order valence-corrected chi connectivity index (χ4v) is 10.5. The molecule has 4 heterocycles. The molecule has 0 bridgehead atoms. The van der Waals surface area contributed by atoms with Crippen LogP contribution in [0.15, 0.2) is 194 Å². The van der Waals surface area contributed by atoms with E-state index >= 15 is 0 Å². The van der Waals surface area contributed by atoms with Gasteiger partial charge >= 0.3 is 0 Å². The van der Waals surface area contributed by atoms with Gasteiger partial charge in [0.05, 0.1) is 33.3 Å². The molecular weight excluding hydrogens is 737 g/mol. The largest absolute Gasteiger partial charge is 0.309 e. The van der Waals surface area contributed by atoms with Crippen LogP contribution in [-0.2, 0) is 0 Å². The van der Waals surface area contributed by atoms with E-state index in [1.165, 1.54) is 63.5 Å². The molecule has 13 rings (SSSR count). The van der Waals surface area contributed by atoms with Gasteiger partial charge in [-0.2, -0.15) is 0 Å². The predicted molar refractivity (Wildman–Crippen MR) is 249 cm³/mol. The Kier molecular flexibility index (Phi) is 6.85. The second-order valence-electron chi connectivity index (χ2n) is 15.4. The highest BCUT2D eigenvalue weighted by atomic mass is 32.1. The molecule has 0 aliphatic rings. The SMILES string of the molecule is c1cc(-c2nc(-c3ccc4c(c3)sc3ccccc34)c3ccccc3n2)cc(-n2c3ccccc3c3cc4ccc(-n5c6ccccc6c6ccccc65)cc4cc32)c1. The van der Waals surface area contributed by atoms with E-state index in [-0.39, 0.29) is 0 Å². The van der Waals surface area contributed by atoms with Crippen LogP contribution in [0.25, 0.3) is 119 Å². The van der Waals surface area contributed by atoms with Crippen LogP contribution in [0, 0.1) is 0 Å². The fraction of sp³-hybridized carbons (Fsp3) is 0. The molecular formula is C54H32N4S. The van der Waals surface area contributed by atoms with E-state index in [9.17, 15) is 0 Å². The van der Waals surface area contributed by atoms with Crippen LogP contribution in [0.1, 0.15) is 0 Å². The third kappa shape index (κ3) is 4.89. The molecule has 0 atom stereocenters. The van der Waals surface area contributed by atoms with Crippen molar-refractivity contribution >= 4 is 96.8 Å². The minimum absolute atomic E-state index is 0.707. The summed E-state index contributed by atoms with van der Waals surface area (Å²) in [6, 6.07) is 70.2. The van der Waals surface area contributed by atoms with Crippen molar-refractivity contribution in [1.29, 1.82) is 0 Å². The molecule has 0 unspecified atom stereocenters. The summed E-state index contributed by atoms with van der Waals surface area (Å²) in [5.74, 6) is 0.707. The van der Waals surface area contributed by atoms with Gasteiger partial charge in [-0.3, -0.25) is 0 Å². The quantitative estimate of drug-likeness (QED) is 0.179. The highest BCUT2D eigenvalue weighted by Crippen LogP contribution is 2.40. The Morgan fingerprint density at radius 3 is 1.75 bits per heavy atom. The number of para-hydroxylation sites is 4. The Labute approximate surface area is 342 Å². The Morgan fingerprint density at radius 2 is 0.966 bits per heavy atom. The smallest absolute Gasteiger partial charge is 0.160 e. The topological polar surface area (TPSA) is 35.6 Å². The number of nitrogens with zero attached hydrogens (tertiary/aromatic N) is 4. The van der Waals surface area contributed by atoms with E-state index in [0.29, 0.717) is 5.82 Å². The number of fused-ring (bicyclic) bond motifs is 11. The van der Waals surface area contributed by atoms with Crippen molar-refractivity contribution in [2.45, 2.75) is 0 Å². The van der Waals surface area contributed by atoms with E-state index in [2.05, 4.69) is 203 Å². The van der Waals surface area contributed by atoms with Gasteiger partial charge in [0, 0.05) is 69.6 Å². The lowest BCUT2D eigenvalue weighted by atomic mass is 10.0. The zero-order valence-electron chi connectivity index (χ0n) is 31.7. The second kappa shape index (κ2) is 12.4. The van der Waals surface area contributed by atoms with Crippen LogP contribution in [0.2, 0.25) is 0 Å². The molecule has 0 spiro atoms. The van der Waals surface area contributed by atoms with Gasteiger partial charge < -0.3 is 9.13 Å². The minimum Gasteiger partial charge on any atom is -0.309 e. The lowest BCUT2D eigenvalue weighted by molar-refractivity contribution is 1.17. The van der Waals surface area contributed by atoms with Crippen molar-refractivity contribution in [3.8, 4) is 34.0 Å². The average Bonchev–Trinajstić information content (AvgIpc) is 3.95. The second-order valence-corrected chi connectivity index (χ2v) is 16.5. The molecule has 0 amide bonds. The first-order valence-electron chi connectivity index (χ1n) is 20.0. The number of hydrogen-bond acceptors (Lipinski definition) is 3. The van der Waals surface area contributed by atoms with Crippen LogP contribution in [0.5, 0.6) is 0 Å². The van der Waals surface area contributed by atoms with E-state index in [1.807, 2.05) is 11.3 Å². The van der Waals surface area contributed by atoms with E-state index in [0.717, 1.165) is 50.1 Å². The summed E-state index contributed by atoms with van der Waals surface area (Å²) >= 11 is 1.83. The predicted octanol–water partition coefficient (Wildman–Crippen LogP) is 14.7. The van der Waals surface area contributed by atoms with E-state index in [1.54, 1.807) is 0 Å². The normalized spacial score (nSPS) is 12.1. The molecule has 4 aromatic heterocycles. The van der Waals surface area contributed by atoms with Crippen LogP contribution < -0.4 is 0 Å². The van der Waals surface area contributed by atoms with E-state index < -0.39 is 0 Å². The summed E-state index contributed by atoms with van der Waals surface area (Å²) in [5, 5.41) is 11.0. The molecule has 0 fully saturated rings. The van der Waals surface area contributed by atoms with Gasteiger partial charge in [0.1, 0.15) is 0 Å². The number of rotatable bonds is 4. The molecule has 13 aromatic rings. The van der Waals surface area contributed by atoms with Crippen LogP contribution in [-0.4, -0.2) is 19.1 Å². The Morgan fingerprint density at radius 1 is 0.339 bits per heavy atom. The molecule has 0 N–H and O–H groups in total. The van der Waals surface area contributed by atoms with Gasteiger partial charge in [-0.1, -0.05) is 121 Å². The lowest BCUT2D eigenvalue weighted by Gasteiger charge is -2.13. The highest BCUT2D eigenvalue weighted by molar-refractivity contribution is 7.25. The molecule has 59 heavy (non-hydrogen) atoms. The van der Waals surface area contributed by atoms with Crippen molar-refractivity contribution in [1.82, 2.24) is 19.1 Å². The van der Waals surface area contributed by atoms with Crippen LogP contribution >= 0.6 is 11.3 Å². The highest BCUT2D eigenvalue weighted by Gasteiger charge is 2.18. The molecule has 274 valence electrons. The first-order valence-corrected chi connectivity index (χ1v) is 20.8. The molecule has 0 saturated heterocycles. The zero-order valence-corrected chi connectivity index (χ0v) is 32.5. The summed E-state index contributed by atoms with van der Waals surface area (Å²) in [6.07, 6.45) is 0. The van der Waals surface area contributed by atoms with Gasteiger partial charge in [0.2, 0.25) is 0 Å². The molecule has 0 radical (unpaired) electrons. The van der Waals surface area contributed by atoms with Crippen LogP contribution in [0.3, 0.4) is 0 Å². The van der Waals surface area contributed by atoms with Gasteiger partial charge in [-0.05, 0) is 83.6 Å². The summed E-state index contributed by atoms with van der Waals surface area (Å²) in [6.45, 7) is 0. The number of thiophene rings is 1. The van der Waals surface area contributed by atoms with Gasteiger partial charge in [0.25, 0.3) is 0 Å². The first-order chi connectivity index (χ1) is 29.2. The van der Waals surface area contributed by atoms with Crippen LogP contribution in [0.4, 0.5) is 0 Å². The van der Waals surface area contributed by atoms with Crippen molar-refractivity contribution in [2.24, 2.45) is 0 Å². The lowest BCUT2D eigenvalue weighted by Crippen LogP contribution is -1.98. The number of hydrogen-bond donors (Lipinski definition) is 0. The summed E-state index contributed by atoms with van der Waals surface area (Å²) < 4.78 is 7.35. The number of benzene rings is 9. The maximum Gasteiger partial charge on any atom is 0.160 e. The van der Waals surface area contributed by atoms with Gasteiger partial charge in [-0.15, -0.1) is 11.3 Å². The third-order valence-corrected chi connectivity index (χ3v) is 13.2. The Bertz CT molecular complexity index is 3810. The maximum absolute atomic E-state index is 5.35. The third-order valence-electron chi connectivity index (χ3n) is 12.1. The molecule has 5 heteroatoms. The van der Waals surface area contributed by atoms with Gasteiger partial charge in [0.15, 0.2) is 5.82 Å². The standard InChI is InChI=1S/C54H32N4S/c1-6-19-46-44(18-1)53(34-25-27-43-42-17-5-10-23-51(42)59-52(43)32-34)56-54(55-46)35-12-11-13-37(28-35)58-49-22-9-4-16-41(49)45-30-33-24-26-38(29-36(33)31-50(45)58)57-47-20-7-2-14-39(47)40-15-3-8-21-48(40)57/h1-32H. The van der Waals surface area contributed by atoms with Crippen molar-refractivity contribution < 1.29 is 0 Å². The number of aromatic nitrogens is 4. The molecule has 0 aliphatic heterocycles. The molecule has 4 nitrogen and oxygen atoms in total. The average molecular weight is 769 g/mol. The van der Waals surface area contributed by atoms with Crippen molar-refractivity contribution in [3.05, 3.63) is 194 Å².